The van der Waals surface area contributed by atoms with Crippen LogP contribution in [0.2, 0.25) is 0 Å². The van der Waals surface area contributed by atoms with E-state index in [0.29, 0.717) is 5.56 Å². The molecule has 31 heavy (non-hydrogen) atoms. The number of aryl methyl sites for hydroxylation is 1. The van der Waals surface area contributed by atoms with Gasteiger partial charge in [0.15, 0.2) is 0 Å². The summed E-state index contributed by atoms with van der Waals surface area (Å²) >= 11 is 0. The van der Waals surface area contributed by atoms with Crippen molar-refractivity contribution in [2.24, 2.45) is 0 Å². The molecule has 6 heteroatoms. The molecule has 1 fully saturated rings. The Labute approximate surface area is 178 Å². The maximum absolute atomic E-state index is 14.8. The lowest BCUT2D eigenvalue weighted by Crippen LogP contribution is -2.29. The van der Waals surface area contributed by atoms with Crippen molar-refractivity contribution in [3.63, 3.8) is 0 Å². The van der Waals surface area contributed by atoms with Crippen LogP contribution in [-0.2, 0) is 16.0 Å². The van der Waals surface area contributed by atoms with E-state index in [1.165, 1.54) is 30.3 Å². The van der Waals surface area contributed by atoms with Gasteiger partial charge in [-0.1, -0.05) is 49.4 Å². The highest BCUT2D eigenvalue weighted by molar-refractivity contribution is 6.51. The summed E-state index contributed by atoms with van der Waals surface area (Å²) in [6.07, 6.45) is 0.797. The first-order valence-electron chi connectivity index (χ1n) is 9.82. The summed E-state index contributed by atoms with van der Waals surface area (Å²) < 4.78 is 28.2. The summed E-state index contributed by atoms with van der Waals surface area (Å²) in [6.45, 7) is 1.99. The molecule has 1 aliphatic rings. The van der Waals surface area contributed by atoms with Gasteiger partial charge in [0.1, 0.15) is 17.4 Å². The fraction of sp³-hybridized carbons (Fsp3) is 0.120. The number of Topliss-reactive ketones (excluding diaryl/α,β-unsaturated/α-hetero) is 1. The first-order chi connectivity index (χ1) is 14.9. The van der Waals surface area contributed by atoms with E-state index in [2.05, 4.69) is 0 Å². The normalized spacial score (nSPS) is 17.9. The van der Waals surface area contributed by atoms with Gasteiger partial charge in [-0.3, -0.25) is 14.5 Å². The number of hydrogen-bond donors (Lipinski definition) is 1. The lowest BCUT2D eigenvalue weighted by Gasteiger charge is -2.25. The van der Waals surface area contributed by atoms with E-state index in [1.54, 1.807) is 18.2 Å². The second-order valence-corrected chi connectivity index (χ2v) is 7.22. The minimum atomic E-state index is -1.20. The number of ketones is 1. The molecular formula is C25H19F2NO3. The number of amides is 1. The third kappa shape index (κ3) is 3.61. The van der Waals surface area contributed by atoms with Gasteiger partial charge >= 0.3 is 0 Å². The predicted molar refractivity (Wildman–Crippen MR) is 113 cm³/mol. The van der Waals surface area contributed by atoms with Crippen molar-refractivity contribution >= 4 is 23.1 Å². The maximum atomic E-state index is 14.8. The average Bonchev–Trinajstić information content (AvgIpc) is 3.05. The second-order valence-electron chi connectivity index (χ2n) is 7.22. The Morgan fingerprint density at radius 2 is 1.58 bits per heavy atom. The fourth-order valence-corrected chi connectivity index (χ4v) is 3.75. The number of nitrogens with zero attached hydrogens (tertiary/aromatic N) is 1. The van der Waals surface area contributed by atoms with Crippen molar-refractivity contribution in [1.29, 1.82) is 0 Å². The van der Waals surface area contributed by atoms with Gasteiger partial charge in [-0.15, -0.1) is 0 Å². The molecule has 3 aromatic carbocycles. The molecule has 4 rings (SSSR count). The summed E-state index contributed by atoms with van der Waals surface area (Å²) in [6, 6.07) is 16.4. The monoisotopic (exact) mass is 419 g/mol. The Hall–Kier alpha value is -3.80. The Balaban J connectivity index is 1.94. The summed E-state index contributed by atoms with van der Waals surface area (Å²) in [5.41, 5.74) is 1.43. The van der Waals surface area contributed by atoms with Crippen molar-refractivity contribution < 1.29 is 23.5 Å². The SMILES string of the molecule is CCc1ccc(/C(O)=C2/C(=O)C(=O)N(c3ccc(F)cc3)C2c2ccccc2F)cc1. The zero-order valence-electron chi connectivity index (χ0n) is 16.7. The van der Waals surface area contributed by atoms with E-state index in [9.17, 15) is 23.5 Å². The number of halogens is 2. The molecule has 1 aliphatic heterocycles. The molecule has 3 aromatic rings. The quantitative estimate of drug-likeness (QED) is 0.361. The van der Waals surface area contributed by atoms with Crippen molar-refractivity contribution in [3.8, 4) is 0 Å². The highest BCUT2D eigenvalue weighted by Gasteiger charge is 2.47. The minimum absolute atomic E-state index is 0.0535. The molecule has 0 aromatic heterocycles. The van der Waals surface area contributed by atoms with Crippen LogP contribution in [0.4, 0.5) is 14.5 Å². The molecule has 1 N–H and O–H groups in total. The Bertz CT molecular complexity index is 1180. The van der Waals surface area contributed by atoms with E-state index >= 15 is 0 Å². The van der Waals surface area contributed by atoms with Crippen LogP contribution < -0.4 is 4.90 Å². The van der Waals surface area contributed by atoms with Gasteiger partial charge in [0, 0.05) is 16.8 Å². The first-order valence-corrected chi connectivity index (χ1v) is 9.82. The molecule has 1 atom stereocenters. The van der Waals surface area contributed by atoms with Crippen LogP contribution in [0.1, 0.15) is 29.7 Å². The number of aliphatic hydroxyl groups is 1. The summed E-state index contributed by atoms with van der Waals surface area (Å²) in [4.78, 5) is 27.0. The lowest BCUT2D eigenvalue weighted by molar-refractivity contribution is -0.132. The van der Waals surface area contributed by atoms with Crippen molar-refractivity contribution in [2.75, 3.05) is 4.90 Å². The molecule has 0 saturated carbocycles. The molecule has 0 bridgehead atoms. The van der Waals surface area contributed by atoms with Crippen molar-refractivity contribution in [3.05, 3.63) is 107 Å². The maximum Gasteiger partial charge on any atom is 0.300 e. The van der Waals surface area contributed by atoms with E-state index in [4.69, 9.17) is 0 Å². The number of aliphatic hydroxyl groups excluding tert-OH is 1. The van der Waals surface area contributed by atoms with Gasteiger partial charge < -0.3 is 5.11 Å². The second kappa shape index (κ2) is 8.14. The Morgan fingerprint density at radius 3 is 2.19 bits per heavy atom. The van der Waals surface area contributed by atoms with Crippen molar-refractivity contribution in [2.45, 2.75) is 19.4 Å². The van der Waals surface area contributed by atoms with Gasteiger partial charge in [-0.25, -0.2) is 8.78 Å². The molecule has 4 nitrogen and oxygen atoms in total. The standard InChI is InChI=1S/C25H19F2NO3/c1-2-15-7-9-16(10-8-15)23(29)21-22(19-5-3-4-6-20(19)27)28(25(31)24(21)30)18-13-11-17(26)12-14-18/h3-14,22,29H,2H2,1H3/b23-21-. The molecule has 1 saturated heterocycles. The third-order valence-electron chi connectivity index (χ3n) is 5.38. The van der Waals surface area contributed by atoms with Crippen LogP contribution in [0, 0.1) is 11.6 Å². The van der Waals surface area contributed by atoms with Crippen LogP contribution in [0.5, 0.6) is 0 Å². The van der Waals surface area contributed by atoms with Gasteiger partial charge in [-0.2, -0.15) is 0 Å². The first kappa shape index (κ1) is 20.5. The average molecular weight is 419 g/mol. The Morgan fingerprint density at radius 1 is 0.935 bits per heavy atom. The highest BCUT2D eigenvalue weighted by Crippen LogP contribution is 2.42. The minimum Gasteiger partial charge on any atom is -0.507 e. The van der Waals surface area contributed by atoms with Crippen LogP contribution in [0.25, 0.3) is 5.76 Å². The van der Waals surface area contributed by atoms with Gasteiger partial charge in [0.25, 0.3) is 11.7 Å². The molecule has 1 unspecified atom stereocenters. The van der Waals surface area contributed by atoms with E-state index in [-0.39, 0.29) is 22.6 Å². The van der Waals surface area contributed by atoms with E-state index in [0.717, 1.165) is 29.0 Å². The predicted octanol–water partition coefficient (Wildman–Crippen LogP) is 5.15. The van der Waals surface area contributed by atoms with Crippen LogP contribution >= 0.6 is 0 Å². The summed E-state index contributed by atoms with van der Waals surface area (Å²) in [7, 11) is 0. The van der Waals surface area contributed by atoms with Gasteiger partial charge in [0.2, 0.25) is 0 Å². The zero-order valence-corrected chi connectivity index (χ0v) is 16.7. The fourth-order valence-electron chi connectivity index (χ4n) is 3.75. The molecule has 0 spiro atoms. The molecule has 156 valence electrons. The molecule has 0 radical (unpaired) electrons. The largest absolute Gasteiger partial charge is 0.507 e. The lowest BCUT2D eigenvalue weighted by atomic mass is 9.94. The molecule has 1 amide bonds. The molecule has 1 heterocycles. The number of benzene rings is 3. The molecular weight excluding hydrogens is 400 g/mol. The summed E-state index contributed by atoms with van der Waals surface area (Å²) in [5, 5.41) is 11.0. The van der Waals surface area contributed by atoms with Crippen molar-refractivity contribution in [1.82, 2.24) is 0 Å². The van der Waals surface area contributed by atoms with Crippen LogP contribution in [-0.4, -0.2) is 16.8 Å². The van der Waals surface area contributed by atoms with Crippen LogP contribution in [0.3, 0.4) is 0 Å². The number of carbonyl (C=O) groups excluding carboxylic acids is 2. The van der Waals surface area contributed by atoms with Crippen LogP contribution in [0.15, 0.2) is 78.4 Å². The van der Waals surface area contributed by atoms with E-state index in [1.807, 2.05) is 19.1 Å². The zero-order chi connectivity index (χ0) is 22.1. The third-order valence-corrected chi connectivity index (χ3v) is 5.38. The number of rotatable bonds is 4. The van der Waals surface area contributed by atoms with E-state index < -0.39 is 29.4 Å². The number of anilines is 1. The number of carbonyl (C=O) groups is 2. The van der Waals surface area contributed by atoms with Gasteiger partial charge in [-0.05, 0) is 42.3 Å². The Kier molecular flexibility index (Phi) is 5.38. The van der Waals surface area contributed by atoms with Gasteiger partial charge in [0.05, 0.1) is 11.6 Å². The molecule has 0 aliphatic carbocycles. The number of hydrogen-bond acceptors (Lipinski definition) is 3. The summed E-state index contributed by atoms with van der Waals surface area (Å²) in [5.74, 6) is -3.40. The topological polar surface area (TPSA) is 57.6 Å². The highest BCUT2D eigenvalue weighted by atomic mass is 19.1. The smallest absolute Gasteiger partial charge is 0.300 e.